The quantitative estimate of drug-likeness (QED) is 0.866. The van der Waals surface area contributed by atoms with Crippen molar-refractivity contribution in [2.24, 2.45) is 0 Å². The maximum Gasteiger partial charge on any atom is 0.305 e. The Morgan fingerprint density at radius 2 is 2.29 bits per heavy atom. The number of hydrogen-bond donors (Lipinski definition) is 1. The van der Waals surface area contributed by atoms with Crippen LogP contribution in [0.15, 0.2) is 24.3 Å². The van der Waals surface area contributed by atoms with Gasteiger partial charge in [-0.2, -0.15) is 0 Å². The lowest BCUT2D eigenvalue weighted by molar-refractivity contribution is -0.137. The summed E-state index contributed by atoms with van der Waals surface area (Å²) in [6, 6.07) is 6.62. The molecule has 2 aromatic rings. The molecule has 1 N–H and O–H groups in total. The lowest BCUT2D eigenvalue weighted by Crippen LogP contribution is -2.09. The summed E-state index contributed by atoms with van der Waals surface area (Å²) in [5.41, 5.74) is 2.04. The van der Waals surface area contributed by atoms with Gasteiger partial charge in [0.2, 0.25) is 0 Å². The number of carboxylic acids is 1. The Morgan fingerprint density at radius 1 is 1.47 bits per heavy atom. The number of fused-ring (bicyclic) bond motifs is 3. The molecule has 2 heterocycles. The van der Waals surface area contributed by atoms with Crippen molar-refractivity contribution in [3.05, 3.63) is 35.8 Å². The first-order valence-corrected chi connectivity index (χ1v) is 5.66. The minimum Gasteiger partial charge on any atom is -0.481 e. The van der Waals surface area contributed by atoms with E-state index in [2.05, 4.69) is 0 Å². The fourth-order valence-electron chi connectivity index (χ4n) is 2.73. The molecule has 0 aliphatic carbocycles. The summed E-state index contributed by atoms with van der Waals surface area (Å²) < 4.78 is 15.1. The molecular weight excluding hydrogens is 221 g/mol. The zero-order valence-corrected chi connectivity index (χ0v) is 9.19. The van der Waals surface area contributed by atoms with Crippen molar-refractivity contribution >= 4 is 16.9 Å². The summed E-state index contributed by atoms with van der Waals surface area (Å²) in [5.74, 6) is -1.04. The minimum atomic E-state index is -0.785. The van der Waals surface area contributed by atoms with Gasteiger partial charge in [0.25, 0.3) is 0 Å². The van der Waals surface area contributed by atoms with Crippen LogP contribution in [0, 0.1) is 5.82 Å². The number of hydrogen-bond acceptors (Lipinski definition) is 1. The van der Waals surface area contributed by atoms with Gasteiger partial charge >= 0.3 is 5.97 Å². The number of benzene rings is 1. The van der Waals surface area contributed by atoms with E-state index < -0.39 is 5.97 Å². The second kappa shape index (κ2) is 3.58. The van der Waals surface area contributed by atoms with Crippen molar-refractivity contribution in [1.82, 2.24) is 4.57 Å². The fraction of sp³-hybridized carbons (Fsp3) is 0.308. The van der Waals surface area contributed by atoms with Gasteiger partial charge < -0.3 is 9.67 Å². The maximum atomic E-state index is 13.1. The van der Waals surface area contributed by atoms with Gasteiger partial charge in [-0.05, 0) is 37.1 Å². The van der Waals surface area contributed by atoms with Gasteiger partial charge in [-0.1, -0.05) is 0 Å². The van der Waals surface area contributed by atoms with Crippen molar-refractivity contribution in [3.63, 3.8) is 0 Å². The summed E-state index contributed by atoms with van der Waals surface area (Å²) in [6.45, 7) is 0. The van der Waals surface area contributed by atoms with Crippen LogP contribution < -0.4 is 0 Å². The average molecular weight is 233 g/mol. The summed E-state index contributed by atoms with van der Waals surface area (Å²) in [5, 5.41) is 9.74. The zero-order chi connectivity index (χ0) is 12.0. The predicted molar refractivity (Wildman–Crippen MR) is 61.5 cm³/mol. The minimum absolute atomic E-state index is 0.00506. The van der Waals surface area contributed by atoms with Crippen molar-refractivity contribution < 1.29 is 14.3 Å². The second-order valence-corrected chi connectivity index (χ2v) is 4.50. The van der Waals surface area contributed by atoms with Gasteiger partial charge in [-0.3, -0.25) is 4.79 Å². The molecule has 0 fully saturated rings. The Morgan fingerprint density at radius 3 is 3.06 bits per heavy atom. The third-order valence-electron chi connectivity index (χ3n) is 3.39. The lowest BCUT2D eigenvalue weighted by Gasteiger charge is -2.12. The molecule has 1 aromatic heterocycles. The smallest absolute Gasteiger partial charge is 0.305 e. The third kappa shape index (κ3) is 1.60. The number of halogens is 1. The molecule has 88 valence electrons. The molecule has 3 rings (SSSR count). The van der Waals surface area contributed by atoms with E-state index >= 15 is 0 Å². The number of aryl methyl sites for hydroxylation is 1. The van der Waals surface area contributed by atoms with Crippen LogP contribution in [0.3, 0.4) is 0 Å². The van der Waals surface area contributed by atoms with Crippen molar-refractivity contribution in [1.29, 1.82) is 0 Å². The van der Waals surface area contributed by atoms with Gasteiger partial charge in [0.05, 0.1) is 6.42 Å². The van der Waals surface area contributed by atoms with Crippen LogP contribution in [0.5, 0.6) is 0 Å². The molecule has 0 amide bonds. The highest BCUT2D eigenvalue weighted by atomic mass is 19.1. The molecule has 1 unspecified atom stereocenters. The standard InChI is InChI=1S/C13H12FNO2/c14-9-1-4-12-8(5-9)6-10-2-3-11(15(10)12)7-13(16)17/h1,4-6,11H,2-3,7H2,(H,16,17). The molecule has 1 aromatic carbocycles. The fourth-order valence-corrected chi connectivity index (χ4v) is 2.73. The Bertz CT molecular complexity index is 603. The molecule has 0 bridgehead atoms. The van der Waals surface area contributed by atoms with Crippen molar-refractivity contribution in [2.75, 3.05) is 0 Å². The largest absolute Gasteiger partial charge is 0.481 e. The number of aromatic nitrogens is 1. The van der Waals surface area contributed by atoms with E-state index in [4.69, 9.17) is 5.11 Å². The number of nitrogens with zero attached hydrogens (tertiary/aromatic N) is 1. The van der Waals surface area contributed by atoms with E-state index in [9.17, 15) is 9.18 Å². The van der Waals surface area contributed by atoms with Crippen LogP contribution in [0.2, 0.25) is 0 Å². The highest BCUT2D eigenvalue weighted by Crippen LogP contribution is 2.35. The third-order valence-corrected chi connectivity index (χ3v) is 3.39. The second-order valence-electron chi connectivity index (χ2n) is 4.50. The first-order valence-electron chi connectivity index (χ1n) is 5.66. The number of aliphatic carboxylic acids is 1. The van der Waals surface area contributed by atoms with Gasteiger partial charge in [-0.15, -0.1) is 0 Å². The molecule has 3 nitrogen and oxygen atoms in total. The van der Waals surface area contributed by atoms with E-state index in [-0.39, 0.29) is 18.3 Å². The summed E-state index contributed by atoms with van der Waals surface area (Å²) in [6.07, 6.45) is 1.86. The van der Waals surface area contributed by atoms with E-state index in [1.54, 1.807) is 6.07 Å². The van der Waals surface area contributed by atoms with E-state index in [1.165, 1.54) is 12.1 Å². The number of carbonyl (C=O) groups is 1. The predicted octanol–water partition coefficient (Wildman–Crippen LogP) is 2.74. The Hall–Kier alpha value is -1.84. The van der Waals surface area contributed by atoms with Gasteiger partial charge in [-0.25, -0.2) is 4.39 Å². The van der Waals surface area contributed by atoms with Crippen molar-refractivity contribution in [2.45, 2.75) is 25.3 Å². The Labute approximate surface area is 97.5 Å². The van der Waals surface area contributed by atoms with E-state index in [0.717, 1.165) is 29.4 Å². The molecule has 0 radical (unpaired) electrons. The van der Waals surface area contributed by atoms with E-state index in [0.29, 0.717) is 0 Å². The molecular formula is C13H12FNO2. The molecule has 1 atom stereocenters. The first kappa shape index (κ1) is 10.3. The molecule has 0 spiro atoms. The molecule has 4 heteroatoms. The van der Waals surface area contributed by atoms with Crippen LogP contribution in [0.25, 0.3) is 10.9 Å². The number of carboxylic acid groups (broad SMARTS) is 1. The maximum absolute atomic E-state index is 13.1. The van der Waals surface area contributed by atoms with Crippen LogP contribution in [-0.2, 0) is 11.2 Å². The number of rotatable bonds is 2. The van der Waals surface area contributed by atoms with Crippen LogP contribution in [0.1, 0.15) is 24.6 Å². The highest BCUT2D eigenvalue weighted by Gasteiger charge is 2.26. The first-order chi connectivity index (χ1) is 8.15. The topological polar surface area (TPSA) is 42.2 Å². The van der Waals surface area contributed by atoms with Gasteiger partial charge in [0.1, 0.15) is 5.82 Å². The Balaban J connectivity index is 2.12. The van der Waals surface area contributed by atoms with Crippen LogP contribution in [0.4, 0.5) is 4.39 Å². The SMILES string of the molecule is O=C(O)CC1CCc2cc3cc(F)ccc3n21. The summed E-state index contributed by atoms with van der Waals surface area (Å²) >= 11 is 0. The van der Waals surface area contributed by atoms with Gasteiger partial charge in [0.15, 0.2) is 0 Å². The molecule has 0 saturated carbocycles. The monoisotopic (exact) mass is 233 g/mol. The highest BCUT2D eigenvalue weighted by molar-refractivity contribution is 5.82. The van der Waals surface area contributed by atoms with Crippen molar-refractivity contribution in [3.8, 4) is 0 Å². The summed E-state index contributed by atoms with van der Waals surface area (Å²) in [7, 11) is 0. The van der Waals surface area contributed by atoms with Crippen LogP contribution in [-0.4, -0.2) is 15.6 Å². The van der Waals surface area contributed by atoms with E-state index in [1.807, 2.05) is 10.6 Å². The lowest BCUT2D eigenvalue weighted by atomic mass is 10.1. The molecule has 1 aliphatic rings. The van der Waals surface area contributed by atoms with Gasteiger partial charge in [0, 0.05) is 22.6 Å². The molecule has 17 heavy (non-hydrogen) atoms. The molecule has 0 saturated heterocycles. The normalized spacial score (nSPS) is 18.5. The zero-order valence-electron chi connectivity index (χ0n) is 9.19. The summed E-state index contributed by atoms with van der Waals surface area (Å²) in [4.78, 5) is 10.8. The van der Waals surface area contributed by atoms with Crippen LogP contribution >= 0.6 is 0 Å². The Kier molecular flexibility index (Phi) is 2.18. The molecule has 1 aliphatic heterocycles. The average Bonchev–Trinajstić information content (AvgIpc) is 2.77.